The number of ether oxygens (including phenoxy) is 1. The lowest BCUT2D eigenvalue weighted by atomic mass is 10.0. The number of hydrogen-bond donors (Lipinski definition) is 0. The van der Waals surface area contributed by atoms with E-state index >= 15 is 0 Å². The Morgan fingerprint density at radius 3 is 2.60 bits per heavy atom. The molecule has 2 heterocycles. The van der Waals surface area contributed by atoms with E-state index in [9.17, 15) is 0 Å². The maximum atomic E-state index is 5.64. The summed E-state index contributed by atoms with van der Waals surface area (Å²) in [7, 11) is 0. The molecule has 0 saturated carbocycles. The summed E-state index contributed by atoms with van der Waals surface area (Å²) in [6, 6.07) is 16.9. The first-order valence-electron chi connectivity index (χ1n) is 6.67. The van der Waals surface area contributed by atoms with Crippen molar-refractivity contribution in [1.82, 2.24) is 0 Å². The maximum Gasteiger partial charge on any atom is 0.216 e. The first kappa shape index (κ1) is 11.7. The molecular weight excluding hydrogens is 266 g/mol. The molecule has 3 heteroatoms. The summed E-state index contributed by atoms with van der Waals surface area (Å²) in [5.41, 5.74) is 2.30. The van der Waals surface area contributed by atoms with Crippen LogP contribution in [0.2, 0.25) is 0 Å². The van der Waals surface area contributed by atoms with Crippen LogP contribution in [0.25, 0.3) is 21.2 Å². The molecule has 0 radical (unpaired) electrons. The number of rotatable bonds is 2. The third-order valence-electron chi connectivity index (χ3n) is 3.50. The van der Waals surface area contributed by atoms with Gasteiger partial charge in [0.15, 0.2) is 0 Å². The molecule has 2 aromatic carbocycles. The molecule has 1 aliphatic heterocycles. The fourth-order valence-electron chi connectivity index (χ4n) is 2.57. The molecule has 98 valence electrons. The predicted molar refractivity (Wildman–Crippen MR) is 84.6 cm³/mol. The van der Waals surface area contributed by atoms with Gasteiger partial charge in [0, 0.05) is 21.4 Å². The van der Waals surface area contributed by atoms with Gasteiger partial charge in [-0.3, -0.25) is 0 Å². The van der Waals surface area contributed by atoms with Gasteiger partial charge < -0.3 is 4.74 Å². The molecule has 0 amide bonds. The summed E-state index contributed by atoms with van der Waals surface area (Å²) in [6.07, 6.45) is 0. The van der Waals surface area contributed by atoms with E-state index in [0.29, 0.717) is 6.61 Å². The lowest BCUT2D eigenvalue weighted by Gasteiger charge is -2.08. The van der Waals surface area contributed by atoms with Crippen molar-refractivity contribution in [3.8, 4) is 10.4 Å². The van der Waals surface area contributed by atoms with Crippen LogP contribution in [0.4, 0.5) is 0 Å². The SMILES string of the molecule is c1ccc(-c2scc3ccccc23)c(C2=NCCO2)c1. The normalized spacial score (nSPS) is 14.3. The molecule has 2 nitrogen and oxygen atoms in total. The highest BCUT2D eigenvalue weighted by Gasteiger charge is 2.17. The van der Waals surface area contributed by atoms with E-state index in [4.69, 9.17) is 4.74 Å². The molecule has 20 heavy (non-hydrogen) atoms. The van der Waals surface area contributed by atoms with Crippen LogP contribution < -0.4 is 0 Å². The highest BCUT2D eigenvalue weighted by molar-refractivity contribution is 7.15. The van der Waals surface area contributed by atoms with Gasteiger partial charge in [-0.25, -0.2) is 4.99 Å². The van der Waals surface area contributed by atoms with Crippen LogP contribution in [0.15, 0.2) is 58.9 Å². The average molecular weight is 279 g/mol. The summed E-state index contributed by atoms with van der Waals surface area (Å²) < 4.78 is 5.64. The van der Waals surface area contributed by atoms with Crippen molar-refractivity contribution in [2.75, 3.05) is 13.2 Å². The molecule has 1 aromatic heterocycles. The largest absolute Gasteiger partial charge is 0.475 e. The molecule has 4 rings (SSSR count). The van der Waals surface area contributed by atoms with E-state index in [2.05, 4.69) is 52.8 Å². The zero-order chi connectivity index (χ0) is 13.4. The fourth-order valence-corrected chi connectivity index (χ4v) is 3.63. The predicted octanol–water partition coefficient (Wildman–Crippen LogP) is 4.35. The van der Waals surface area contributed by atoms with Gasteiger partial charge in [-0.2, -0.15) is 0 Å². The van der Waals surface area contributed by atoms with Crippen molar-refractivity contribution in [3.63, 3.8) is 0 Å². The van der Waals surface area contributed by atoms with Crippen LogP contribution in [0.1, 0.15) is 5.56 Å². The number of nitrogens with zero attached hydrogens (tertiary/aromatic N) is 1. The van der Waals surface area contributed by atoms with E-state index in [1.165, 1.54) is 21.2 Å². The standard InChI is InChI=1S/C17H13NOS/c1-2-6-13-12(5-1)11-20-16(13)14-7-3-4-8-15(14)17-18-9-10-19-17/h1-8,11H,9-10H2. The third kappa shape index (κ3) is 1.82. The van der Waals surface area contributed by atoms with Gasteiger partial charge in [-0.15, -0.1) is 11.3 Å². The molecule has 3 aromatic rings. The minimum atomic E-state index is 0.689. The van der Waals surface area contributed by atoms with Gasteiger partial charge in [0.05, 0.1) is 6.54 Å². The van der Waals surface area contributed by atoms with Crippen molar-refractivity contribution in [1.29, 1.82) is 0 Å². The lowest BCUT2D eigenvalue weighted by Crippen LogP contribution is -2.02. The second-order valence-electron chi connectivity index (χ2n) is 4.73. The van der Waals surface area contributed by atoms with Crippen LogP contribution in [0.5, 0.6) is 0 Å². The number of aliphatic imine (C=N–C) groups is 1. The summed E-state index contributed by atoms with van der Waals surface area (Å²) in [6.45, 7) is 1.45. The van der Waals surface area contributed by atoms with Crippen LogP contribution in [-0.2, 0) is 4.74 Å². The van der Waals surface area contributed by atoms with E-state index in [-0.39, 0.29) is 0 Å². The Morgan fingerprint density at radius 2 is 1.75 bits per heavy atom. The molecule has 0 unspecified atom stereocenters. The molecule has 0 fully saturated rings. The Morgan fingerprint density at radius 1 is 0.950 bits per heavy atom. The second-order valence-corrected chi connectivity index (χ2v) is 5.61. The Hall–Kier alpha value is -2.13. The van der Waals surface area contributed by atoms with Gasteiger partial charge in [0.25, 0.3) is 0 Å². The average Bonchev–Trinajstić information content (AvgIpc) is 3.17. The molecule has 1 aliphatic rings. The van der Waals surface area contributed by atoms with Crippen molar-refractivity contribution in [2.24, 2.45) is 4.99 Å². The van der Waals surface area contributed by atoms with E-state index in [1.54, 1.807) is 11.3 Å². The molecule has 0 aliphatic carbocycles. The quantitative estimate of drug-likeness (QED) is 0.683. The van der Waals surface area contributed by atoms with E-state index in [0.717, 1.165) is 18.0 Å². The molecule has 0 atom stereocenters. The zero-order valence-electron chi connectivity index (χ0n) is 10.9. The first-order valence-corrected chi connectivity index (χ1v) is 7.55. The number of hydrogen-bond acceptors (Lipinski definition) is 3. The highest BCUT2D eigenvalue weighted by atomic mass is 32.1. The smallest absolute Gasteiger partial charge is 0.216 e. The van der Waals surface area contributed by atoms with Crippen LogP contribution in [-0.4, -0.2) is 19.0 Å². The summed E-state index contributed by atoms with van der Waals surface area (Å²) in [5, 5.41) is 4.79. The van der Waals surface area contributed by atoms with Crippen molar-refractivity contribution < 1.29 is 4.74 Å². The fraction of sp³-hybridized carbons (Fsp3) is 0.118. The Bertz CT molecular complexity index is 803. The van der Waals surface area contributed by atoms with Crippen LogP contribution >= 0.6 is 11.3 Å². The van der Waals surface area contributed by atoms with E-state index in [1.807, 2.05) is 6.07 Å². The zero-order valence-corrected chi connectivity index (χ0v) is 11.7. The molecule has 0 spiro atoms. The van der Waals surface area contributed by atoms with Gasteiger partial charge in [0.2, 0.25) is 5.90 Å². The number of thiophene rings is 1. The van der Waals surface area contributed by atoms with Crippen molar-refractivity contribution >= 4 is 28.0 Å². The van der Waals surface area contributed by atoms with Gasteiger partial charge >= 0.3 is 0 Å². The lowest BCUT2D eigenvalue weighted by molar-refractivity contribution is 0.348. The Balaban J connectivity index is 1.94. The Labute approximate surface area is 121 Å². The van der Waals surface area contributed by atoms with Crippen LogP contribution in [0, 0.1) is 0 Å². The van der Waals surface area contributed by atoms with Crippen LogP contribution in [0.3, 0.4) is 0 Å². The number of benzene rings is 2. The molecule has 0 saturated heterocycles. The summed E-state index contributed by atoms with van der Waals surface area (Å²) in [4.78, 5) is 5.74. The molecule has 0 bridgehead atoms. The first-order chi connectivity index (χ1) is 9.93. The van der Waals surface area contributed by atoms with E-state index < -0.39 is 0 Å². The van der Waals surface area contributed by atoms with Gasteiger partial charge in [-0.05, 0) is 16.8 Å². The monoisotopic (exact) mass is 279 g/mol. The van der Waals surface area contributed by atoms with Crippen molar-refractivity contribution in [3.05, 3.63) is 59.5 Å². The van der Waals surface area contributed by atoms with Crippen molar-refractivity contribution in [2.45, 2.75) is 0 Å². The summed E-state index contributed by atoms with van der Waals surface area (Å²) >= 11 is 1.78. The highest BCUT2D eigenvalue weighted by Crippen LogP contribution is 2.37. The molecular formula is C17H13NOS. The Kier molecular flexibility index (Phi) is 2.78. The van der Waals surface area contributed by atoms with Gasteiger partial charge in [-0.1, -0.05) is 42.5 Å². The third-order valence-corrected chi connectivity index (χ3v) is 4.54. The minimum Gasteiger partial charge on any atom is -0.475 e. The minimum absolute atomic E-state index is 0.689. The topological polar surface area (TPSA) is 21.6 Å². The second kappa shape index (κ2) is 4.76. The number of fused-ring (bicyclic) bond motifs is 1. The summed E-state index contributed by atoms with van der Waals surface area (Å²) in [5.74, 6) is 0.776. The maximum absolute atomic E-state index is 5.64. The van der Waals surface area contributed by atoms with Gasteiger partial charge in [0.1, 0.15) is 6.61 Å². The molecule has 0 N–H and O–H groups in total.